The molecule has 41 heavy (non-hydrogen) atoms. The molecule has 0 amide bonds. The average Bonchev–Trinajstić information content (AvgIpc) is 3.34. The Labute approximate surface area is 234 Å². The van der Waals surface area contributed by atoms with Crippen molar-refractivity contribution >= 4 is 5.97 Å². The molecule has 1 unspecified atom stereocenters. The Bertz CT molecular complexity index is 1360. The number of ether oxygens (including phenoxy) is 3. The summed E-state index contributed by atoms with van der Waals surface area (Å²) in [5, 5.41) is 11.0. The summed E-state index contributed by atoms with van der Waals surface area (Å²) >= 11 is 0. The third-order valence-corrected chi connectivity index (χ3v) is 7.03. The molecule has 1 aromatic carbocycles. The fourth-order valence-electron chi connectivity index (χ4n) is 5.02. The van der Waals surface area contributed by atoms with E-state index in [2.05, 4.69) is 19.7 Å². The van der Waals surface area contributed by atoms with Crippen LogP contribution >= 0.6 is 0 Å². The summed E-state index contributed by atoms with van der Waals surface area (Å²) in [5.41, 5.74) is 3.26. The van der Waals surface area contributed by atoms with Gasteiger partial charge in [0.2, 0.25) is 5.88 Å². The zero-order valence-corrected chi connectivity index (χ0v) is 22.3. The van der Waals surface area contributed by atoms with E-state index >= 15 is 0 Å². The molecule has 1 aliphatic carbocycles. The molecule has 2 aliphatic rings. The number of benzene rings is 1. The normalized spacial score (nSPS) is 17.6. The van der Waals surface area contributed by atoms with Crippen LogP contribution in [0.25, 0.3) is 11.1 Å². The van der Waals surface area contributed by atoms with E-state index in [1.54, 1.807) is 31.5 Å². The Balaban J connectivity index is 1.21. The lowest BCUT2D eigenvalue weighted by atomic mass is 9.99. The molecular formula is C28H29F3N4O6. The number of aryl methyl sites for hydroxylation is 1. The van der Waals surface area contributed by atoms with Crippen LogP contribution in [0.4, 0.5) is 13.2 Å². The summed E-state index contributed by atoms with van der Waals surface area (Å²) in [6, 6.07) is 6.75. The highest BCUT2D eigenvalue weighted by molar-refractivity contribution is 5.70. The van der Waals surface area contributed by atoms with Gasteiger partial charge >= 0.3 is 18.2 Å². The molecule has 0 spiro atoms. The largest absolute Gasteiger partial charge is 0.497 e. The van der Waals surface area contributed by atoms with Crippen LogP contribution < -0.4 is 19.0 Å². The third kappa shape index (κ3) is 7.34. The first-order chi connectivity index (χ1) is 19.7. The van der Waals surface area contributed by atoms with Gasteiger partial charge in [0.25, 0.3) is 0 Å². The van der Waals surface area contributed by atoms with Crippen LogP contribution in [0.2, 0.25) is 0 Å². The lowest BCUT2D eigenvalue weighted by Gasteiger charge is -2.31. The zero-order valence-electron chi connectivity index (χ0n) is 22.3. The van der Waals surface area contributed by atoms with Gasteiger partial charge in [0, 0.05) is 67.8 Å². The number of hydrogen-bond acceptors (Lipinski definition) is 9. The predicted octanol–water partition coefficient (Wildman–Crippen LogP) is 4.83. The van der Waals surface area contributed by atoms with Gasteiger partial charge in [-0.3, -0.25) is 4.79 Å². The van der Waals surface area contributed by atoms with E-state index in [4.69, 9.17) is 14.3 Å². The SMILES string of the molecule is COc1ccc(-c2cnc(OCC(F)(F)F)nc2)c(OC2CCN(Oc3cc4c(cn3)CCC4CC(=O)O)CC2)c1. The lowest BCUT2D eigenvalue weighted by molar-refractivity contribution is -0.154. The molecule has 3 heterocycles. The lowest BCUT2D eigenvalue weighted by Crippen LogP contribution is -2.40. The molecule has 0 saturated carbocycles. The number of aromatic nitrogens is 3. The standard InChI is InChI=1S/C28H29F3N4O6/c1-38-21-4-5-22(19-14-33-27(34-15-19)39-16-28(29,30)31)24(11-21)40-20-6-8-35(9-7-20)41-25-12-23-17(10-26(36)37)2-3-18(23)13-32-25/h4-5,11-15,17,20H,2-3,6-10,16H2,1H3,(H,36,37). The van der Waals surface area contributed by atoms with E-state index in [-0.39, 0.29) is 24.5 Å². The fourth-order valence-corrected chi connectivity index (χ4v) is 5.02. The number of halogens is 3. The van der Waals surface area contributed by atoms with Crippen molar-refractivity contribution in [2.24, 2.45) is 0 Å². The van der Waals surface area contributed by atoms with Gasteiger partial charge in [0.1, 0.15) is 17.6 Å². The molecule has 1 fully saturated rings. The van der Waals surface area contributed by atoms with Crippen molar-refractivity contribution in [1.82, 2.24) is 20.0 Å². The highest BCUT2D eigenvalue weighted by atomic mass is 19.4. The number of aliphatic carboxylic acids is 1. The number of pyridine rings is 1. The van der Waals surface area contributed by atoms with Gasteiger partial charge in [0.15, 0.2) is 6.61 Å². The van der Waals surface area contributed by atoms with E-state index in [9.17, 15) is 23.1 Å². The molecular weight excluding hydrogens is 545 g/mol. The van der Waals surface area contributed by atoms with Crippen LogP contribution in [-0.4, -0.2) is 70.2 Å². The summed E-state index contributed by atoms with van der Waals surface area (Å²) in [6.45, 7) is -0.315. The zero-order chi connectivity index (χ0) is 29.0. The highest BCUT2D eigenvalue weighted by Crippen LogP contribution is 2.37. The summed E-state index contributed by atoms with van der Waals surface area (Å²) in [7, 11) is 1.54. The Morgan fingerprint density at radius 2 is 1.83 bits per heavy atom. The highest BCUT2D eigenvalue weighted by Gasteiger charge is 2.29. The number of nitrogens with zero attached hydrogens (tertiary/aromatic N) is 4. The van der Waals surface area contributed by atoms with Crippen molar-refractivity contribution in [2.45, 2.75) is 50.3 Å². The van der Waals surface area contributed by atoms with Crippen LogP contribution in [0.5, 0.6) is 23.4 Å². The summed E-state index contributed by atoms with van der Waals surface area (Å²) in [5.74, 6) is 0.708. The molecule has 1 atom stereocenters. The molecule has 13 heteroatoms. The number of carboxylic acids is 1. The van der Waals surface area contributed by atoms with Crippen molar-refractivity contribution in [1.29, 1.82) is 0 Å². The molecule has 1 aliphatic heterocycles. The first-order valence-electron chi connectivity index (χ1n) is 13.2. The second-order valence-electron chi connectivity index (χ2n) is 9.91. The maximum Gasteiger partial charge on any atom is 0.422 e. The number of hydroxylamine groups is 2. The van der Waals surface area contributed by atoms with Gasteiger partial charge in [-0.2, -0.15) is 13.2 Å². The first-order valence-corrected chi connectivity index (χ1v) is 13.2. The number of alkyl halides is 3. The number of carbonyl (C=O) groups is 1. The number of rotatable bonds is 10. The van der Waals surface area contributed by atoms with E-state index in [1.807, 2.05) is 11.1 Å². The van der Waals surface area contributed by atoms with E-state index in [1.165, 1.54) is 12.4 Å². The maximum absolute atomic E-state index is 12.4. The molecule has 0 bridgehead atoms. The topological polar surface area (TPSA) is 116 Å². The first kappa shape index (κ1) is 28.4. The molecule has 0 radical (unpaired) electrons. The van der Waals surface area contributed by atoms with Gasteiger partial charge in [-0.15, -0.1) is 5.06 Å². The van der Waals surface area contributed by atoms with Gasteiger partial charge in [-0.1, -0.05) is 0 Å². The van der Waals surface area contributed by atoms with Gasteiger partial charge < -0.3 is 24.2 Å². The van der Waals surface area contributed by atoms with Gasteiger partial charge in [-0.25, -0.2) is 15.0 Å². The second-order valence-corrected chi connectivity index (χ2v) is 9.91. The molecule has 3 aromatic rings. The predicted molar refractivity (Wildman–Crippen MR) is 139 cm³/mol. The average molecular weight is 575 g/mol. The number of methoxy groups -OCH3 is 1. The summed E-state index contributed by atoms with van der Waals surface area (Å²) < 4.78 is 53.6. The van der Waals surface area contributed by atoms with E-state index in [0.717, 1.165) is 24.0 Å². The summed E-state index contributed by atoms with van der Waals surface area (Å²) in [4.78, 5) is 29.4. The Morgan fingerprint density at radius 3 is 2.51 bits per heavy atom. The number of piperidine rings is 1. The van der Waals surface area contributed by atoms with Crippen LogP contribution in [-0.2, 0) is 11.2 Å². The molecule has 218 valence electrons. The van der Waals surface area contributed by atoms with E-state index < -0.39 is 18.8 Å². The number of hydrogen-bond donors (Lipinski definition) is 1. The van der Waals surface area contributed by atoms with Crippen LogP contribution in [0.3, 0.4) is 0 Å². The quantitative estimate of drug-likeness (QED) is 0.361. The number of fused-ring (bicyclic) bond motifs is 1. The van der Waals surface area contributed by atoms with Crippen molar-refractivity contribution in [2.75, 3.05) is 26.8 Å². The monoisotopic (exact) mass is 574 g/mol. The molecule has 1 N–H and O–H groups in total. The smallest absolute Gasteiger partial charge is 0.422 e. The van der Waals surface area contributed by atoms with Crippen molar-refractivity contribution in [3.05, 3.63) is 54.0 Å². The Kier molecular flexibility index (Phi) is 8.43. The van der Waals surface area contributed by atoms with Crippen LogP contribution in [0, 0.1) is 0 Å². The maximum atomic E-state index is 12.4. The molecule has 5 rings (SSSR count). The van der Waals surface area contributed by atoms with E-state index in [0.29, 0.717) is 54.4 Å². The summed E-state index contributed by atoms with van der Waals surface area (Å²) in [6.07, 6.45) is 2.93. The van der Waals surface area contributed by atoms with Gasteiger partial charge in [0.05, 0.1) is 13.5 Å². The fraction of sp³-hybridized carbons (Fsp3) is 0.429. The minimum absolute atomic E-state index is 0.0296. The minimum Gasteiger partial charge on any atom is -0.497 e. The number of carboxylic acid groups (broad SMARTS) is 1. The van der Waals surface area contributed by atoms with Crippen LogP contribution in [0.15, 0.2) is 42.9 Å². The van der Waals surface area contributed by atoms with Crippen molar-refractivity contribution in [3.8, 4) is 34.5 Å². The molecule has 1 saturated heterocycles. The molecule has 2 aromatic heterocycles. The molecule has 10 nitrogen and oxygen atoms in total. The Morgan fingerprint density at radius 1 is 1.07 bits per heavy atom. The second kappa shape index (κ2) is 12.2. The third-order valence-electron chi connectivity index (χ3n) is 7.03. The minimum atomic E-state index is -4.48. The van der Waals surface area contributed by atoms with Crippen LogP contribution in [0.1, 0.15) is 42.7 Å². The van der Waals surface area contributed by atoms with Crippen molar-refractivity contribution in [3.63, 3.8) is 0 Å². The Hall–Kier alpha value is -4.13. The van der Waals surface area contributed by atoms with Crippen molar-refractivity contribution < 1.29 is 42.1 Å². The van der Waals surface area contributed by atoms with Gasteiger partial charge in [-0.05, 0) is 42.0 Å².